The normalized spacial score (nSPS) is 25.6. The number of rotatable bonds is 13. The van der Waals surface area contributed by atoms with Crippen molar-refractivity contribution < 1.29 is 38.2 Å². The predicted octanol–water partition coefficient (Wildman–Crippen LogP) is 2.64. The van der Waals surface area contributed by atoms with Crippen LogP contribution in [0.15, 0.2) is 0 Å². The van der Waals surface area contributed by atoms with Gasteiger partial charge in [-0.05, 0) is 67.6 Å². The van der Waals surface area contributed by atoms with Gasteiger partial charge in [-0.1, -0.05) is 60.3 Å². The molecule has 3 saturated carbocycles. The number of nitrogens with two attached hydrogens (primary N) is 1. The molecule has 258 valence electrons. The summed E-state index contributed by atoms with van der Waals surface area (Å²) in [6.07, 6.45) is 4.78. The summed E-state index contributed by atoms with van der Waals surface area (Å²) in [6, 6.07) is -3.94. The molecule has 0 aromatic heterocycles. The Morgan fingerprint density at radius 3 is 2.13 bits per heavy atom. The topological polar surface area (TPSA) is 186 Å². The molecule has 1 aliphatic heterocycles. The van der Waals surface area contributed by atoms with E-state index in [4.69, 9.17) is 15.2 Å². The van der Waals surface area contributed by atoms with Gasteiger partial charge in [0.1, 0.15) is 18.7 Å². The molecule has 1 unspecified atom stereocenters. The van der Waals surface area contributed by atoms with Crippen LogP contribution in [0.3, 0.4) is 0 Å². The zero-order chi connectivity index (χ0) is 34.1. The van der Waals surface area contributed by atoms with Crippen molar-refractivity contribution in [3.8, 4) is 0 Å². The van der Waals surface area contributed by atoms with Gasteiger partial charge in [0.25, 0.3) is 5.91 Å². The third kappa shape index (κ3) is 8.31. The Labute approximate surface area is 271 Å². The first-order valence-corrected chi connectivity index (χ1v) is 16.8. The number of fused-ring (bicyclic) bond motifs is 1. The Morgan fingerprint density at radius 2 is 1.59 bits per heavy atom. The second-order valence-electron chi connectivity index (χ2n) is 15.7. The van der Waals surface area contributed by atoms with Gasteiger partial charge < -0.3 is 36.1 Å². The maximum Gasteiger partial charge on any atom is 0.508 e. The number of amides is 5. The highest BCUT2D eigenvalue weighted by molar-refractivity contribution is 6.37. The summed E-state index contributed by atoms with van der Waals surface area (Å²) in [5.74, 6) is -2.55. The van der Waals surface area contributed by atoms with E-state index in [1.807, 2.05) is 20.8 Å². The number of ketones is 1. The van der Waals surface area contributed by atoms with Crippen molar-refractivity contribution in [2.45, 2.75) is 124 Å². The van der Waals surface area contributed by atoms with Gasteiger partial charge in [0.15, 0.2) is 0 Å². The number of piperidine rings is 1. The summed E-state index contributed by atoms with van der Waals surface area (Å²) in [6.45, 7) is 13.3. The van der Waals surface area contributed by atoms with Crippen LogP contribution >= 0.6 is 0 Å². The van der Waals surface area contributed by atoms with Crippen LogP contribution in [0.2, 0.25) is 0 Å². The summed E-state index contributed by atoms with van der Waals surface area (Å²) in [5.41, 5.74) is 4.38. The van der Waals surface area contributed by atoms with Crippen LogP contribution in [0, 0.1) is 34.5 Å². The zero-order valence-electron chi connectivity index (χ0n) is 28.4. The number of nitrogens with zero attached hydrogens (tertiary/aromatic N) is 1. The summed E-state index contributed by atoms with van der Waals surface area (Å²) < 4.78 is 10.4. The minimum atomic E-state index is -1.10. The quantitative estimate of drug-likeness (QED) is 0.174. The summed E-state index contributed by atoms with van der Waals surface area (Å²) in [5, 5.41) is 8.57. The minimum Gasteiger partial charge on any atom is -0.432 e. The van der Waals surface area contributed by atoms with Crippen LogP contribution in [0.4, 0.5) is 9.59 Å². The average Bonchev–Trinajstić information content (AvgIpc) is 3.64. The van der Waals surface area contributed by atoms with Gasteiger partial charge in [0.2, 0.25) is 17.6 Å². The number of carbonyl (C=O) groups excluding carboxylic acids is 6. The molecule has 1 saturated heterocycles. The average molecular weight is 648 g/mol. The second-order valence-corrected chi connectivity index (χ2v) is 15.7. The number of carbonyl (C=O) groups is 6. The molecule has 46 heavy (non-hydrogen) atoms. The van der Waals surface area contributed by atoms with Crippen LogP contribution in [-0.2, 0) is 28.7 Å². The van der Waals surface area contributed by atoms with E-state index in [2.05, 4.69) is 29.8 Å². The van der Waals surface area contributed by atoms with Gasteiger partial charge in [-0.25, -0.2) is 9.59 Å². The first-order chi connectivity index (χ1) is 21.4. The number of hydrogen-bond acceptors (Lipinski definition) is 8. The van der Waals surface area contributed by atoms with Crippen LogP contribution in [-0.4, -0.2) is 84.0 Å². The molecule has 0 radical (unpaired) electrons. The highest BCUT2D eigenvalue weighted by Crippen LogP contribution is 2.65. The minimum absolute atomic E-state index is 0.0589. The van der Waals surface area contributed by atoms with Crippen molar-refractivity contribution >= 4 is 35.7 Å². The number of nitrogens with one attached hydrogen (secondary N) is 3. The molecule has 6 atom stereocenters. The van der Waals surface area contributed by atoms with Gasteiger partial charge in [0.05, 0.1) is 18.2 Å². The highest BCUT2D eigenvalue weighted by atomic mass is 16.7. The lowest BCUT2D eigenvalue weighted by atomic mass is 9.85. The molecule has 1 heterocycles. The van der Waals surface area contributed by atoms with Gasteiger partial charge in [-0.3, -0.25) is 19.2 Å². The maximum atomic E-state index is 14.3. The summed E-state index contributed by atoms with van der Waals surface area (Å²) >= 11 is 0. The largest absolute Gasteiger partial charge is 0.508 e. The molecular formula is C33H53N5O8. The Kier molecular flexibility index (Phi) is 10.6. The lowest BCUT2D eigenvalue weighted by molar-refractivity contribution is -0.145. The molecular weight excluding hydrogens is 594 g/mol. The first kappa shape index (κ1) is 35.5. The van der Waals surface area contributed by atoms with Gasteiger partial charge in [0, 0.05) is 6.54 Å². The third-order valence-corrected chi connectivity index (χ3v) is 10.3. The molecule has 3 aliphatic carbocycles. The van der Waals surface area contributed by atoms with Crippen molar-refractivity contribution in [2.24, 2.45) is 40.2 Å². The number of likely N-dealkylation sites (tertiary alicyclic amines) is 1. The van der Waals surface area contributed by atoms with E-state index in [0.29, 0.717) is 13.0 Å². The van der Waals surface area contributed by atoms with Gasteiger partial charge in [-0.2, -0.15) is 0 Å². The molecule has 0 bridgehead atoms. The first-order valence-electron chi connectivity index (χ1n) is 16.8. The fourth-order valence-corrected chi connectivity index (χ4v) is 7.36. The number of ether oxygens (including phenoxy) is 2. The predicted molar refractivity (Wildman–Crippen MR) is 168 cm³/mol. The molecule has 13 nitrogen and oxygen atoms in total. The Morgan fingerprint density at radius 1 is 0.957 bits per heavy atom. The van der Waals surface area contributed by atoms with E-state index in [1.165, 1.54) is 4.90 Å². The van der Waals surface area contributed by atoms with Crippen molar-refractivity contribution in [1.29, 1.82) is 0 Å². The van der Waals surface area contributed by atoms with Gasteiger partial charge in [-0.15, -0.1) is 0 Å². The van der Waals surface area contributed by atoms with Crippen LogP contribution < -0.4 is 21.7 Å². The lowest BCUT2D eigenvalue weighted by Crippen LogP contribution is -2.62. The number of Topliss-reactive ketones (excluding diaryl/α,β-unsaturated/α-hetero) is 1. The van der Waals surface area contributed by atoms with E-state index >= 15 is 0 Å². The van der Waals surface area contributed by atoms with Crippen molar-refractivity contribution in [2.75, 3.05) is 13.2 Å². The molecule has 13 heteroatoms. The molecule has 0 spiro atoms. The molecule has 4 rings (SSSR count). The second kappa shape index (κ2) is 13.8. The van der Waals surface area contributed by atoms with E-state index in [9.17, 15) is 28.8 Å². The fourth-order valence-electron chi connectivity index (χ4n) is 7.36. The zero-order valence-corrected chi connectivity index (χ0v) is 28.4. The Balaban J connectivity index is 1.48. The third-order valence-electron chi connectivity index (χ3n) is 10.3. The van der Waals surface area contributed by atoms with Crippen molar-refractivity contribution in [1.82, 2.24) is 20.9 Å². The van der Waals surface area contributed by atoms with Crippen LogP contribution in [0.5, 0.6) is 0 Å². The number of hydrogen-bond donors (Lipinski definition) is 4. The smallest absolute Gasteiger partial charge is 0.432 e. The fraction of sp³-hybridized carbons (Fsp3) is 0.818. The van der Waals surface area contributed by atoms with E-state index in [-0.39, 0.29) is 41.8 Å². The maximum absolute atomic E-state index is 14.3. The molecule has 5 amide bonds. The van der Waals surface area contributed by atoms with E-state index in [0.717, 1.165) is 38.5 Å². The van der Waals surface area contributed by atoms with Crippen LogP contribution in [0.1, 0.15) is 93.4 Å². The SMILES string of the molecule is CC(C)OC(=O)OC[C@@H](NC(=O)N[C@H](C(=O)N1C[C@H]2[C@@H]([C@H]1C(=O)NC(CC1CC1)C(=O)C(N)=O)C2(C)C)C(C)(C)C)C1CCCC1. The monoisotopic (exact) mass is 647 g/mol. The van der Waals surface area contributed by atoms with E-state index < -0.39 is 65.3 Å². The highest BCUT2D eigenvalue weighted by Gasteiger charge is 2.70. The number of primary amides is 1. The Bertz CT molecular complexity index is 1200. The summed E-state index contributed by atoms with van der Waals surface area (Å²) in [4.78, 5) is 79.5. The molecule has 5 N–H and O–H groups in total. The van der Waals surface area contributed by atoms with Gasteiger partial charge >= 0.3 is 12.2 Å². The molecule has 4 aliphatic rings. The molecule has 4 fully saturated rings. The number of urea groups is 1. The standard InChI is InChI=1S/C33H53N5O8/c1-17(2)46-31(44)45-16-22(19-10-8-9-11-19)36-30(43)37-26(32(3,4)5)29(42)38-15-20-23(33(20,6)7)24(38)28(41)35-21(14-18-12-13-18)25(39)27(34)40/h17-24,26H,8-16H2,1-7H3,(H2,34,40)(H,35,41)(H2,36,37,43)/t20-,21?,22+,23-,24-,26+/m0/s1. The van der Waals surface area contributed by atoms with Crippen LogP contribution in [0.25, 0.3) is 0 Å². The molecule has 0 aromatic carbocycles. The van der Waals surface area contributed by atoms with E-state index in [1.54, 1.807) is 13.8 Å². The van der Waals surface area contributed by atoms with Crippen molar-refractivity contribution in [3.05, 3.63) is 0 Å². The lowest BCUT2D eigenvalue weighted by Gasteiger charge is -2.38. The Hall–Kier alpha value is -3.38. The van der Waals surface area contributed by atoms with Crippen molar-refractivity contribution in [3.63, 3.8) is 0 Å². The molecule has 0 aromatic rings. The summed E-state index contributed by atoms with van der Waals surface area (Å²) in [7, 11) is 0.